The Kier molecular flexibility index (Phi) is 3.00. The molecule has 2 rings (SSSR count). The molecule has 0 fully saturated rings. The van der Waals surface area contributed by atoms with E-state index in [-0.39, 0.29) is 12.5 Å². The van der Waals surface area contributed by atoms with Crippen molar-refractivity contribution in [2.45, 2.75) is 0 Å². The number of nitrogens with one attached hydrogen (secondary N) is 1. The summed E-state index contributed by atoms with van der Waals surface area (Å²) in [7, 11) is 0. The maximum absolute atomic E-state index is 11.7. The van der Waals surface area contributed by atoms with Gasteiger partial charge in [0, 0.05) is 17.1 Å². The second-order valence-electron chi connectivity index (χ2n) is 3.56. The van der Waals surface area contributed by atoms with Crippen molar-refractivity contribution < 1.29 is 9.59 Å². The van der Waals surface area contributed by atoms with Crippen LogP contribution in [0.5, 0.6) is 0 Å². The number of amides is 2. The summed E-state index contributed by atoms with van der Waals surface area (Å²) in [6.07, 6.45) is 1.69. The Morgan fingerprint density at radius 3 is 2.88 bits per heavy atom. The highest BCUT2D eigenvalue weighted by molar-refractivity contribution is 5.99. The average Bonchev–Trinajstić information content (AvgIpc) is 2.35. The number of primary amides is 1. The number of carbonyl (C=O) groups is 2. The number of carbonyl (C=O) groups excluding carboxylic acids is 2. The predicted molar refractivity (Wildman–Crippen MR) is 63.3 cm³/mol. The van der Waals surface area contributed by atoms with Crippen molar-refractivity contribution >= 4 is 22.7 Å². The zero-order chi connectivity index (χ0) is 12.3. The second-order valence-corrected chi connectivity index (χ2v) is 3.56. The van der Waals surface area contributed by atoms with Crippen LogP contribution >= 0.6 is 0 Å². The summed E-state index contributed by atoms with van der Waals surface area (Å²) in [6, 6.07) is 8.81. The number of benzene rings is 1. The second kappa shape index (κ2) is 4.61. The Balaban J connectivity index is 2.24. The molecule has 0 atom stereocenters. The van der Waals surface area contributed by atoms with Gasteiger partial charge in [-0.1, -0.05) is 6.07 Å². The van der Waals surface area contributed by atoms with Gasteiger partial charge in [-0.3, -0.25) is 14.6 Å². The zero-order valence-corrected chi connectivity index (χ0v) is 9.01. The molecule has 0 saturated heterocycles. The number of fused-ring (bicyclic) bond motifs is 1. The van der Waals surface area contributed by atoms with Crippen molar-refractivity contribution in [2.75, 3.05) is 6.54 Å². The number of aromatic nitrogens is 1. The van der Waals surface area contributed by atoms with Crippen LogP contribution in [0.4, 0.5) is 0 Å². The number of nitrogens with zero attached hydrogens (tertiary/aromatic N) is 1. The molecule has 1 heterocycles. The molecule has 86 valence electrons. The minimum absolute atomic E-state index is 0.163. The van der Waals surface area contributed by atoms with E-state index in [4.69, 9.17) is 5.73 Å². The highest BCUT2D eigenvalue weighted by atomic mass is 16.2. The lowest BCUT2D eigenvalue weighted by atomic mass is 10.1. The fourth-order valence-electron chi connectivity index (χ4n) is 1.49. The van der Waals surface area contributed by atoms with Crippen LogP contribution in [0.1, 0.15) is 10.4 Å². The van der Waals surface area contributed by atoms with Crippen LogP contribution in [0, 0.1) is 0 Å². The van der Waals surface area contributed by atoms with Gasteiger partial charge in [0.25, 0.3) is 5.91 Å². The first-order chi connectivity index (χ1) is 8.16. The summed E-state index contributed by atoms with van der Waals surface area (Å²) in [5, 5.41) is 3.30. The number of hydrogen-bond acceptors (Lipinski definition) is 3. The van der Waals surface area contributed by atoms with Gasteiger partial charge in [0.15, 0.2) is 0 Å². The van der Waals surface area contributed by atoms with Crippen LogP contribution in [0.25, 0.3) is 10.9 Å². The molecule has 2 aromatic rings. The summed E-state index contributed by atoms with van der Waals surface area (Å²) in [5.74, 6) is -0.893. The number of nitrogens with two attached hydrogens (primary N) is 1. The molecular weight excluding hydrogens is 218 g/mol. The Morgan fingerprint density at radius 2 is 2.12 bits per heavy atom. The molecule has 0 aliphatic carbocycles. The van der Waals surface area contributed by atoms with Crippen molar-refractivity contribution in [3.8, 4) is 0 Å². The predicted octanol–water partition coefficient (Wildman–Crippen LogP) is 0.450. The van der Waals surface area contributed by atoms with Gasteiger partial charge in [0.2, 0.25) is 5.91 Å². The molecule has 3 N–H and O–H groups in total. The van der Waals surface area contributed by atoms with E-state index in [2.05, 4.69) is 10.3 Å². The molecule has 2 amide bonds. The molecule has 5 heteroatoms. The normalized spacial score (nSPS) is 10.1. The van der Waals surface area contributed by atoms with Crippen LogP contribution in [0.15, 0.2) is 36.5 Å². The van der Waals surface area contributed by atoms with E-state index in [0.717, 1.165) is 10.9 Å². The van der Waals surface area contributed by atoms with Crippen molar-refractivity contribution in [2.24, 2.45) is 5.73 Å². The molecule has 0 bridgehead atoms. The third kappa shape index (κ3) is 2.57. The highest BCUT2D eigenvalue weighted by Gasteiger charge is 2.06. The first-order valence-electron chi connectivity index (χ1n) is 5.08. The summed E-state index contributed by atoms with van der Waals surface area (Å²) in [4.78, 5) is 26.3. The maximum Gasteiger partial charge on any atom is 0.251 e. The monoisotopic (exact) mass is 229 g/mol. The summed E-state index contributed by atoms with van der Waals surface area (Å²) < 4.78 is 0. The van der Waals surface area contributed by atoms with Gasteiger partial charge in [-0.2, -0.15) is 0 Å². The zero-order valence-electron chi connectivity index (χ0n) is 9.01. The lowest BCUT2D eigenvalue weighted by Gasteiger charge is -2.03. The van der Waals surface area contributed by atoms with Crippen molar-refractivity contribution in [1.29, 1.82) is 0 Å². The smallest absolute Gasteiger partial charge is 0.251 e. The van der Waals surface area contributed by atoms with E-state index in [9.17, 15) is 9.59 Å². The van der Waals surface area contributed by atoms with Crippen LogP contribution in [0.2, 0.25) is 0 Å². The molecule has 0 radical (unpaired) electrons. The Bertz CT molecular complexity index is 581. The van der Waals surface area contributed by atoms with E-state index in [1.54, 1.807) is 30.5 Å². The van der Waals surface area contributed by atoms with Crippen LogP contribution < -0.4 is 11.1 Å². The van der Waals surface area contributed by atoms with E-state index in [1.165, 1.54) is 0 Å². The van der Waals surface area contributed by atoms with Crippen LogP contribution in [0.3, 0.4) is 0 Å². The van der Waals surface area contributed by atoms with Crippen LogP contribution in [-0.4, -0.2) is 23.3 Å². The lowest BCUT2D eigenvalue weighted by molar-refractivity contribution is -0.117. The molecule has 1 aromatic carbocycles. The standard InChI is InChI=1S/C12H11N3O2/c13-11(16)7-15-12(17)9-3-4-10-8(6-9)2-1-5-14-10/h1-6H,7H2,(H2,13,16)(H,15,17). The Hall–Kier alpha value is -2.43. The topological polar surface area (TPSA) is 85.1 Å². The maximum atomic E-state index is 11.7. The Morgan fingerprint density at radius 1 is 1.29 bits per heavy atom. The van der Waals surface area contributed by atoms with E-state index >= 15 is 0 Å². The summed E-state index contributed by atoms with van der Waals surface area (Å²) >= 11 is 0. The van der Waals surface area contributed by atoms with E-state index in [1.807, 2.05) is 6.07 Å². The molecule has 0 aliphatic rings. The number of hydrogen-bond donors (Lipinski definition) is 2. The Labute approximate surface area is 97.6 Å². The molecular formula is C12H11N3O2. The average molecular weight is 229 g/mol. The minimum atomic E-state index is -0.569. The molecule has 0 spiro atoms. The third-order valence-corrected chi connectivity index (χ3v) is 2.29. The minimum Gasteiger partial charge on any atom is -0.368 e. The quantitative estimate of drug-likeness (QED) is 0.801. The van der Waals surface area contributed by atoms with Gasteiger partial charge in [0.05, 0.1) is 12.1 Å². The molecule has 0 aliphatic heterocycles. The number of rotatable bonds is 3. The van der Waals surface area contributed by atoms with Gasteiger partial charge in [-0.15, -0.1) is 0 Å². The van der Waals surface area contributed by atoms with Gasteiger partial charge >= 0.3 is 0 Å². The summed E-state index contributed by atoms with van der Waals surface area (Å²) in [5.41, 5.74) is 6.24. The third-order valence-electron chi connectivity index (χ3n) is 2.29. The first kappa shape index (κ1) is 11.1. The molecule has 17 heavy (non-hydrogen) atoms. The van der Waals surface area contributed by atoms with Gasteiger partial charge in [0.1, 0.15) is 0 Å². The molecule has 5 nitrogen and oxygen atoms in total. The van der Waals surface area contributed by atoms with Crippen molar-refractivity contribution in [3.63, 3.8) is 0 Å². The van der Waals surface area contributed by atoms with Gasteiger partial charge in [-0.25, -0.2) is 0 Å². The van der Waals surface area contributed by atoms with E-state index < -0.39 is 5.91 Å². The SMILES string of the molecule is NC(=O)CNC(=O)c1ccc2ncccc2c1. The van der Waals surface area contributed by atoms with Crippen molar-refractivity contribution in [1.82, 2.24) is 10.3 Å². The fraction of sp³-hybridized carbons (Fsp3) is 0.0833. The fourth-order valence-corrected chi connectivity index (χ4v) is 1.49. The van der Waals surface area contributed by atoms with Gasteiger partial charge < -0.3 is 11.1 Å². The lowest BCUT2D eigenvalue weighted by Crippen LogP contribution is -2.33. The highest BCUT2D eigenvalue weighted by Crippen LogP contribution is 2.12. The first-order valence-corrected chi connectivity index (χ1v) is 5.08. The largest absolute Gasteiger partial charge is 0.368 e. The summed E-state index contributed by atoms with van der Waals surface area (Å²) in [6.45, 7) is -0.163. The number of pyridine rings is 1. The van der Waals surface area contributed by atoms with E-state index in [0.29, 0.717) is 5.56 Å². The van der Waals surface area contributed by atoms with Gasteiger partial charge in [-0.05, 0) is 24.3 Å². The molecule has 1 aromatic heterocycles. The van der Waals surface area contributed by atoms with Crippen LogP contribution in [-0.2, 0) is 4.79 Å². The van der Waals surface area contributed by atoms with Crippen molar-refractivity contribution in [3.05, 3.63) is 42.1 Å². The molecule has 0 unspecified atom stereocenters. The molecule has 0 saturated carbocycles.